The molecule has 0 radical (unpaired) electrons. The Kier molecular flexibility index (Phi) is 11.1. The monoisotopic (exact) mass is 578 g/mol. The fraction of sp³-hybridized carbons (Fsp3) is 0.250. The first-order valence-electron chi connectivity index (χ1n) is 14.6. The topological polar surface area (TPSA) is 95.9 Å². The van der Waals surface area contributed by atoms with Crippen molar-refractivity contribution in [3.05, 3.63) is 125 Å². The van der Waals surface area contributed by atoms with Crippen molar-refractivity contribution in [2.75, 3.05) is 23.4 Å². The summed E-state index contributed by atoms with van der Waals surface area (Å²) in [6.45, 7) is 5.00. The van der Waals surface area contributed by atoms with Gasteiger partial charge in [0.2, 0.25) is 5.91 Å². The van der Waals surface area contributed by atoms with Crippen molar-refractivity contribution in [2.24, 2.45) is 0 Å². The lowest BCUT2D eigenvalue weighted by Gasteiger charge is -2.24. The van der Waals surface area contributed by atoms with Crippen LogP contribution in [0.2, 0.25) is 0 Å². The highest BCUT2D eigenvalue weighted by Crippen LogP contribution is 2.23. The van der Waals surface area contributed by atoms with Crippen LogP contribution in [0.1, 0.15) is 53.2 Å². The number of anilines is 2. The Morgan fingerprint density at radius 1 is 0.860 bits per heavy atom. The summed E-state index contributed by atoms with van der Waals surface area (Å²) in [5, 5.41) is 13.0. The zero-order valence-electron chi connectivity index (χ0n) is 24.7. The van der Waals surface area contributed by atoms with Crippen LogP contribution in [0.5, 0.6) is 5.75 Å². The molecule has 0 aliphatic heterocycles. The minimum atomic E-state index is -1.02. The van der Waals surface area contributed by atoms with Gasteiger partial charge >= 0.3 is 5.97 Å². The Morgan fingerprint density at radius 2 is 1.53 bits per heavy atom. The standard InChI is InChI=1S/C36H38N2O5/c1-3-12-34(39)38(33-18-10-7-13-26(33)2)23-11-24-43-29-21-19-27(20-22-29)25-32(36(41)42)37-31-17-9-8-16-30(31)35(40)28-14-5-4-6-15-28/h4-10,13-22,32,37H,3,11-12,23-25H2,1-2H3,(H,41,42). The second-order valence-corrected chi connectivity index (χ2v) is 10.4. The van der Waals surface area contributed by atoms with Gasteiger partial charge in [-0.3, -0.25) is 9.59 Å². The van der Waals surface area contributed by atoms with E-state index in [1.54, 1.807) is 48.5 Å². The molecule has 4 aromatic carbocycles. The largest absolute Gasteiger partial charge is 0.494 e. The van der Waals surface area contributed by atoms with Crippen LogP contribution in [0, 0.1) is 6.92 Å². The number of hydrogen-bond donors (Lipinski definition) is 2. The van der Waals surface area contributed by atoms with Crippen molar-refractivity contribution in [3.8, 4) is 5.75 Å². The normalized spacial score (nSPS) is 11.4. The summed E-state index contributed by atoms with van der Waals surface area (Å²) in [6, 6.07) is 30.2. The predicted octanol–water partition coefficient (Wildman–Crippen LogP) is 6.94. The Labute approximate surface area is 253 Å². The molecule has 7 heteroatoms. The van der Waals surface area contributed by atoms with Gasteiger partial charge < -0.3 is 20.1 Å². The third kappa shape index (κ3) is 8.55. The van der Waals surface area contributed by atoms with E-state index in [-0.39, 0.29) is 18.1 Å². The number of carboxylic acid groups (broad SMARTS) is 1. The third-order valence-electron chi connectivity index (χ3n) is 7.16. The summed E-state index contributed by atoms with van der Waals surface area (Å²) in [5.74, 6) is -0.413. The molecule has 0 saturated carbocycles. The number of aliphatic carboxylic acids is 1. The first kappa shape index (κ1) is 31.0. The van der Waals surface area contributed by atoms with Crippen LogP contribution in [0.25, 0.3) is 0 Å². The van der Waals surface area contributed by atoms with E-state index in [2.05, 4.69) is 5.32 Å². The van der Waals surface area contributed by atoms with Gasteiger partial charge in [0, 0.05) is 41.9 Å². The third-order valence-corrected chi connectivity index (χ3v) is 7.16. The van der Waals surface area contributed by atoms with Gasteiger partial charge in [0.1, 0.15) is 11.8 Å². The molecule has 1 amide bonds. The molecular formula is C36H38N2O5. The SMILES string of the molecule is CCCC(=O)N(CCCOc1ccc(CC(Nc2ccccc2C(=O)c2ccccc2)C(=O)O)cc1)c1ccccc1C. The van der Waals surface area contributed by atoms with Gasteiger partial charge in [-0.25, -0.2) is 4.79 Å². The average Bonchev–Trinajstić information content (AvgIpc) is 3.02. The predicted molar refractivity (Wildman–Crippen MR) is 170 cm³/mol. The van der Waals surface area contributed by atoms with Crippen molar-refractivity contribution in [3.63, 3.8) is 0 Å². The highest BCUT2D eigenvalue weighted by atomic mass is 16.5. The number of ether oxygens (including phenoxy) is 1. The number of nitrogens with zero attached hydrogens (tertiary/aromatic N) is 1. The number of carbonyl (C=O) groups is 3. The van der Waals surface area contributed by atoms with E-state index in [1.807, 2.05) is 73.3 Å². The van der Waals surface area contributed by atoms with Crippen LogP contribution in [-0.4, -0.2) is 42.0 Å². The van der Waals surface area contributed by atoms with Crippen molar-refractivity contribution >= 4 is 29.0 Å². The number of amides is 1. The number of carbonyl (C=O) groups excluding carboxylic acids is 2. The maximum Gasteiger partial charge on any atom is 0.326 e. The van der Waals surface area contributed by atoms with E-state index in [0.29, 0.717) is 48.6 Å². The van der Waals surface area contributed by atoms with E-state index in [9.17, 15) is 19.5 Å². The maximum absolute atomic E-state index is 13.1. The van der Waals surface area contributed by atoms with Gasteiger partial charge in [-0.15, -0.1) is 0 Å². The van der Waals surface area contributed by atoms with Gasteiger partial charge in [0.25, 0.3) is 0 Å². The van der Waals surface area contributed by atoms with Crippen molar-refractivity contribution < 1.29 is 24.2 Å². The van der Waals surface area contributed by atoms with E-state index in [0.717, 1.165) is 23.2 Å². The average molecular weight is 579 g/mol. The molecule has 0 fully saturated rings. The zero-order valence-corrected chi connectivity index (χ0v) is 24.7. The molecule has 4 aromatic rings. The zero-order chi connectivity index (χ0) is 30.6. The summed E-state index contributed by atoms with van der Waals surface area (Å²) in [4.78, 5) is 39.9. The molecule has 0 aliphatic carbocycles. The number of aryl methyl sites for hydroxylation is 1. The highest BCUT2D eigenvalue weighted by molar-refractivity contribution is 6.12. The lowest BCUT2D eigenvalue weighted by molar-refractivity contribution is -0.137. The molecule has 1 unspecified atom stereocenters. The second-order valence-electron chi connectivity index (χ2n) is 10.4. The second kappa shape index (κ2) is 15.4. The lowest BCUT2D eigenvalue weighted by Crippen LogP contribution is -2.33. The Balaban J connectivity index is 1.35. The van der Waals surface area contributed by atoms with Crippen LogP contribution >= 0.6 is 0 Å². The number of ketones is 1. The summed E-state index contributed by atoms with van der Waals surface area (Å²) < 4.78 is 5.94. The molecule has 0 spiro atoms. The van der Waals surface area contributed by atoms with Gasteiger partial charge in [0.15, 0.2) is 5.78 Å². The minimum absolute atomic E-state index is 0.106. The Bertz CT molecular complexity index is 1520. The Hall–Kier alpha value is -4.91. The molecule has 222 valence electrons. The smallest absolute Gasteiger partial charge is 0.326 e. The van der Waals surface area contributed by atoms with Crippen molar-refractivity contribution in [1.29, 1.82) is 0 Å². The molecule has 2 N–H and O–H groups in total. The minimum Gasteiger partial charge on any atom is -0.494 e. The van der Waals surface area contributed by atoms with E-state index < -0.39 is 12.0 Å². The molecule has 0 heterocycles. The number of benzene rings is 4. The van der Waals surface area contributed by atoms with E-state index >= 15 is 0 Å². The van der Waals surface area contributed by atoms with Crippen LogP contribution in [0.3, 0.4) is 0 Å². The first-order chi connectivity index (χ1) is 20.9. The fourth-order valence-electron chi connectivity index (χ4n) is 4.90. The van der Waals surface area contributed by atoms with Gasteiger partial charge in [-0.1, -0.05) is 79.7 Å². The number of rotatable bonds is 15. The first-order valence-corrected chi connectivity index (χ1v) is 14.6. The number of nitrogens with one attached hydrogen (secondary N) is 1. The highest BCUT2D eigenvalue weighted by Gasteiger charge is 2.21. The molecule has 7 nitrogen and oxygen atoms in total. The molecule has 4 rings (SSSR count). The quantitative estimate of drug-likeness (QED) is 0.117. The fourth-order valence-corrected chi connectivity index (χ4v) is 4.90. The summed E-state index contributed by atoms with van der Waals surface area (Å²) >= 11 is 0. The summed E-state index contributed by atoms with van der Waals surface area (Å²) in [7, 11) is 0. The Morgan fingerprint density at radius 3 is 2.23 bits per heavy atom. The molecule has 0 aromatic heterocycles. The van der Waals surface area contributed by atoms with E-state index in [1.165, 1.54) is 0 Å². The molecule has 43 heavy (non-hydrogen) atoms. The van der Waals surface area contributed by atoms with Crippen molar-refractivity contribution in [2.45, 2.75) is 45.6 Å². The summed E-state index contributed by atoms with van der Waals surface area (Å²) in [5.41, 5.74) is 4.23. The molecule has 0 aliphatic rings. The lowest BCUT2D eigenvalue weighted by atomic mass is 10.00. The van der Waals surface area contributed by atoms with Crippen molar-refractivity contribution in [1.82, 2.24) is 0 Å². The number of para-hydroxylation sites is 2. The van der Waals surface area contributed by atoms with Crippen LogP contribution < -0.4 is 15.0 Å². The summed E-state index contributed by atoms with van der Waals surface area (Å²) in [6.07, 6.45) is 2.17. The van der Waals surface area contributed by atoms with Crippen LogP contribution in [-0.2, 0) is 16.0 Å². The van der Waals surface area contributed by atoms with E-state index in [4.69, 9.17) is 4.74 Å². The van der Waals surface area contributed by atoms with Gasteiger partial charge in [0.05, 0.1) is 6.61 Å². The van der Waals surface area contributed by atoms with Crippen LogP contribution in [0.15, 0.2) is 103 Å². The van der Waals surface area contributed by atoms with Crippen LogP contribution in [0.4, 0.5) is 11.4 Å². The molecule has 0 bridgehead atoms. The van der Waals surface area contributed by atoms with Gasteiger partial charge in [-0.05, 0) is 61.2 Å². The molecule has 1 atom stereocenters. The van der Waals surface area contributed by atoms with Gasteiger partial charge in [-0.2, -0.15) is 0 Å². The maximum atomic E-state index is 13.1. The number of hydrogen-bond acceptors (Lipinski definition) is 5. The number of carboxylic acids is 1. The molecular weight excluding hydrogens is 540 g/mol. The molecule has 0 saturated heterocycles.